The van der Waals surface area contributed by atoms with E-state index in [-0.39, 0.29) is 11.3 Å². The highest BCUT2D eigenvalue weighted by molar-refractivity contribution is 5.93. The molecule has 0 N–H and O–H groups in total. The van der Waals surface area contributed by atoms with Gasteiger partial charge in [0.1, 0.15) is 17.8 Å². The van der Waals surface area contributed by atoms with Crippen LogP contribution in [0.5, 0.6) is 0 Å². The van der Waals surface area contributed by atoms with E-state index in [9.17, 15) is 4.79 Å². The second-order valence-corrected chi connectivity index (χ2v) is 7.80. The van der Waals surface area contributed by atoms with Gasteiger partial charge in [-0.3, -0.25) is 4.79 Å². The van der Waals surface area contributed by atoms with E-state index in [1.54, 1.807) is 0 Å². The average Bonchev–Trinajstić information content (AvgIpc) is 3.02. The van der Waals surface area contributed by atoms with Crippen LogP contribution in [0.25, 0.3) is 0 Å². The first kappa shape index (κ1) is 16.8. The lowest BCUT2D eigenvalue weighted by molar-refractivity contribution is 0.0641. The van der Waals surface area contributed by atoms with Gasteiger partial charge < -0.3 is 14.5 Å². The molecular weight excluding hydrogens is 316 g/mol. The number of carbonyl (C=O) groups is 1. The normalized spacial score (nSPS) is 23.7. The van der Waals surface area contributed by atoms with Crippen LogP contribution in [0.4, 0.5) is 5.82 Å². The summed E-state index contributed by atoms with van der Waals surface area (Å²) in [4.78, 5) is 26.0. The number of ether oxygens (including phenoxy) is 1. The number of carbonyl (C=O) groups excluding carboxylic acids is 1. The molecule has 3 fully saturated rings. The zero-order chi connectivity index (χ0) is 17.1. The molecule has 1 aromatic heterocycles. The number of aromatic nitrogens is 2. The summed E-state index contributed by atoms with van der Waals surface area (Å²) in [7, 11) is 0. The van der Waals surface area contributed by atoms with E-state index >= 15 is 0 Å². The SMILES string of the molecule is O=C(c1cc(N2CCCCC2)ncn1)N1CCOCC2(CCCC2)C1. The van der Waals surface area contributed by atoms with Gasteiger partial charge in [-0.2, -0.15) is 0 Å². The van der Waals surface area contributed by atoms with Gasteiger partial charge in [-0.25, -0.2) is 9.97 Å². The predicted molar refractivity (Wildman–Crippen MR) is 95.7 cm³/mol. The molecule has 2 aliphatic heterocycles. The molecule has 1 saturated carbocycles. The predicted octanol–water partition coefficient (Wildman–Crippen LogP) is 2.50. The Morgan fingerprint density at radius 1 is 1.04 bits per heavy atom. The first-order valence-electron chi connectivity index (χ1n) is 9.70. The van der Waals surface area contributed by atoms with Gasteiger partial charge in [0.25, 0.3) is 5.91 Å². The smallest absolute Gasteiger partial charge is 0.272 e. The molecule has 1 aliphatic carbocycles. The minimum absolute atomic E-state index is 0.0254. The van der Waals surface area contributed by atoms with Crippen molar-refractivity contribution in [1.29, 1.82) is 0 Å². The van der Waals surface area contributed by atoms with Crippen LogP contribution in [0.1, 0.15) is 55.4 Å². The van der Waals surface area contributed by atoms with Crippen LogP contribution in [0.3, 0.4) is 0 Å². The molecule has 0 radical (unpaired) electrons. The van der Waals surface area contributed by atoms with Crippen LogP contribution in [-0.2, 0) is 4.74 Å². The molecule has 136 valence electrons. The summed E-state index contributed by atoms with van der Waals surface area (Å²) in [6.07, 6.45) is 10.0. The van der Waals surface area contributed by atoms with Crippen molar-refractivity contribution in [2.45, 2.75) is 44.9 Å². The van der Waals surface area contributed by atoms with Gasteiger partial charge in [-0.1, -0.05) is 12.8 Å². The number of amides is 1. The quantitative estimate of drug-likeness (QED) is 0.825. The number of hydrogen-bond acceptors (Lipinski definition) is 5. The molecule has 3 aliphatic rings. The van der Waals surface area contributed by atoms with E-state index in [1.165, 1.54) is 51.3 Å². The lowest BCUT2D eigenvalue weighted by atomic mass is 9.86. The molecular formula is C19H28N4O2. The largest absolute Gasteiger partial charge is 0.379 e. The van der Waals surface area contributed by atoms with Gasteiger partial charge in [0, 0.05) is 37.7 Å². The first-order chi connectivity index (χ1) is 12.3. The maximum atomic E-state index is 13.1. The van der Waals surface area contributed by atoms with Crippen molar-refractivity contribution in [1.82, 2.24) is 14.9 Å². The fourth-order valence-corrected chi connectivity index (χ4v) is 4.52. The lowest BCUT2D eigenvalue weighted by Crippen LogP contribution is -2.41. The molecule has 1 amide bonds. The third-order valence-corrected chi connectivity index (χ3v) is 5.94. The number of rotatable bonds is 2. The molecule has 4 rings (SSSR count). The van der Waals surface area contributed by atoms with Gasteiger partial charge in [0.2, 0.25) is 0 Å². The van der Waals surface area contributed by atoms with E-state index < -0.39 is 0 Å². The van der Waals surface area contributed by atoms with Crippen molar-refractivity contribution in [2.75, 3.05) is 44.3 Å². The van der Waals surface area contributed by atoms with E-state index in [0.717, 1.165) is 32.1 Å². The summed E-state index contributed by atoms with van der Waals surface area (Å²) in [5.74, 6) is 0.914. The third-order valence-electron chi connectivity index (χ3n) is 5.94. The lowest BCUT2D eigenvalue weighted by Gasteiger charge is -2.31. The van der Waals surface area contributed by atoms with E-state index in [2.05, 4.69) is 14.9 Å². The zero-order valence-corrected chi connectivity index (χ0v) is 15.0. The van der Waals surface area contributed by atoms with Gasteiger partial charge >= 0.3 is 0 Å². The molecule has 1 spiro atoms. The van der Waals surface area contributed by atoms with Crippen LogP contribution in [-0.4, -0.2) is 60.2 Å². The second-order valence-electron chi connectivity index (χ2n) is 7.80. The summed E-state index contributed by atoms with van der Waals surface area (Å²) in [6, 6.07) is 1.88. The molecule has 0 atom stereocenters. The van der Waals surface area contributed by atoms with Crippen molar-refractivity contribution < 1.29 is 9.53 Å². The Labute approximate surface area is 149 Å². The van der Waals surface area contributed by atoms with Gasteiger partial charge in [-0.15, -0.1) is 0 Å². The second kappa shape index (κ2) is 7.28. The maximum absolute atomic E-state index is 13.1. The van der Waals surface area contributed by atoms with Crippen LogP contribution < -0.4 is 4.90 Å². The number of hydrogen-bond donors (Lipinski definition) is 0. The van der Waals surface area contributed by atoms with Crippen molar-refractivity contribution >= 4 is 11.7 Å². The minimum atomic E-state index is 0.0254. The standard InChI is InChI=1S/C19H28N4O2/c24-18(23-10-11-25-14-19(13-23)6-2-3-7-19)16-12-17(21-15-20-16)22-8-4-1-5-9-22/h12,15H,1-11,13-14H2. The summed E-state index contributed by atoms with van der Waals surface area (Å²) >= 11 is 0. The van der Waals surface area contributed by atoms with Crippen molar-refractivity contribution in [2.24, 2.45) is 5.41 Å². The fourth-order valence-electron chi connectivity index (χ4n) is 4.52. The molecule has 3 heterocycles. The fraction of sp³-hybridized carbons (Fsp3) is 0.737. The molecule has 1 aromatic rings. The van der Waals surface area contributed by atoms with Crippen molar-refractivity contribution in [3.05, 3.63) is 18.1 Å². The van der Waals surface area contributed by atoms with E-state index in [1.807, 2.05) is 11.0 Å². The van der Waals surface area contributed by atoms with Crippen LogP contribution in [0.2, 0.25) is 0 Å². The van der Waals surface area contributed by atoms with Crippen LogP contribution >= 0.6 is 0 Å². The van der Waals surface area contributed by atoms with Gasteiger partial charge in [-0.05, 0) is 32.1 Å². The molecule has 2 saturated heterocycles. The molecule has 6 heteroatoms. The Kier molecular flexibility index (Phi) is 4.88. The Bertz CT molecular complexity index is 609. The Balaban J connectivity index is 1.51. The number of anilines is 1. The Morgan fingerprint density at radius 2 is 1.84 bits per heavy atom. The van der Waals surface area contributed by atoms with Gasteiger partial charge in [0.15, 0.2) is 0 Å². The van der Waals surface area contributed by atoms with Crippen molar-refractivity contribution in [3.63, 3.8) is 0 Å². The van der Waals surface area contributed by atoms with Gasteiger partial charge in [0.05, 0.1) is 13.2 Å². The number of nitrogens with zero attached hydrogens (tertiary/aromatic N) is 4. The highest BCUT2D eigenvalue weighted by Gasteiger charge is 2.39. The summed E-state index contributed by atoms with van der Waals surface area (Å²) in [5, 5.41) is 0. The molecule has 25 heavy (non-hydrogen) atoms. The third kappa shape index (κ3) is 3.64. The molecule has 0 aromatic carbocycles. The Hall–Kier alpha value is -1.69. The van der Waals surface area contributed by atoms with E-state index in [0.29, 0.717) is 18.8 Å². The maximum Gasteiger partial charge on any atom is 0.272 e. The molecule has 0 unspecified atom stereocenters. The van der Waals surface area contributed by atoms with E-state index in [4.69, 9.17) is 4.74 Å². The topological polar surface area (TPSA) is 58.6 Å². The highest BCUT2D eigenvalue weighted by Crippen LogP contribution is 2.40. The molecule has 0 bridgehead atoms. The Morgan fingerprint density at radius 3 is 2.64 bits per heavy atom. The van der Waals surface area contributed by atoms with Crippen molar-refractivity contribution in [3.8, 4) is 0 Å². The summed E-state index contributed by atoms with van der Waals surface area (Å²) in [6.45, 7) is 4.91. The summed E-state index contributed by atoms with van der Waals surface area (Å²) < 4.78 is 5.83. The number of piperidine rings is 1. The molecule has 6 nitrogen and oxygen atoms in total. The zero-order valence-electron chi connectivity index (χ0n) is 15.0. The monoisotopic (exact) mass is 344 g/mol. The minimum Gasteiger partial charge on any atom is -0.379 e. The van der Waals surface area contributed by atoms with Crippen LogP contribution in [0, 0.1) is 5.41 Å². The highest BCUT2D eigenvalue weighted by atomic mass is 16.5. The van der Waals surface area contributed by atoms with Crippen LogP contribution in [0.15, 0.2) is 12.4 Å². The first-order valence-corrected chi connectivity index (χ1v) is 9.70. The average molecular weight is 344 g/mol. The summed E-state index contributed by atoms with van der Waals surface area (Å²) in [5.41, 5.74) is 0.681.